The van der Waals surface area contributed by atoms with Gasteiger partial charge in [0.2, 0.25) is 5.88 Å². The van der Waals surface area contributed by atoms with Gasteiger partial charge in [0, 0.05) is 41.7 Å². The quantitative estimate of drug-likeness (QED) is 0.297. The molecule has 0 aliphatic heterocycles. The van der Waals surface area contributed by atoms with Crippen molar-refractivity contribution in [3.63, 3.8) is 0 Å². The number of likely N-dealkylation sites (N-methyl/N-ethyl adjacent to an activating group) is 1. The highest BCUT2D eigenvalue weighted by Crippen LogP contribution is 2.42. The Hall–Kier alpha value is -3.68. The van der Waals surface area contributed by atoms with Crippen LogP contribution in [0.2, 0.25) is 5.02 Å². The molecule has 39 heavy (non-hydrogen) atoms. The van der Waals surface area contributed by atoms with Crippen molar-refractivity contribution in [2.24, 2.45) is 5.73 Å². The highest BCUT2D eigenvalue weighted by molar-refractivity contribution is 6.36. The average Bonchev–Trinajstić information content (AvgIpc) is 3.65. The van der Waals surface area contributed by atoms with Gasteiger partial charge in [0.1, 0.15) is 5.82 Å². The number of amides is 1. The Morgan fingerprint density at radius 2 is 1.97 bits per heavy atom. The van der Waals surface area contributed by atoms with Crippen LogP contribution in [0.15, 0.2) is 59.3 Å². The van der Waals surface area contributed by atoms with E-state index in [-0.39, 0.29) is 23.0 Å². The van der Waals surface area contributed by atoms with Crippen molar-refractivity contribution >= 4 is 23.2 Å². The zero-order valence-electron chi connectivity index (χ0n) is 22.4. The Kier molecular flexibility index (Phi) is 7.73. The first kappa shape index (κ1) is 26.9. The van der Waals surface area contributed by atoms with Gasteiger partial charge in [-0.05, 0) is 85.6 Å². The molecule has 0 saturated heterocycles. The summed E-state index contributed by atoms with van der Waals surface area (Å²) in [4.78, 5) is 18.0. The summed E-state index contributed by atoms with van der Waals surface area (Å²) >= 11 is 6.91. The predicted octanol–water partition coefficient (Wildman–Crippen LogP) is 6.10. The van der Waals surface area contributed by atoms with E-state index in [4.69, 9.17) is 27.1 Å². The number of methoxy groups -OCH3 is 1. The van der Waals surface area contributed by atoms with E-state index in [2.05, 4.69) is 10.6 Å². The number of halogens is 2. The topological polar surface area (TPSA) is 89.3 Å². The van der Waals surface area contributed by atoms with Gasteiger partial charge in [-0.3, -0.25) is 4.79 Å². The molecular weight excluding hydrogens is 515 g/mol. The van der Waals surface area contributed by atoms with E-state index in [1.807, 2.05) is 13.0 Å². The molecule has 8 heteroatoms. The van der Waals surface area contributed by atoms with Gasteiger partial charge in [-0.25, -0.2) is 9.37 Å². The summed E-state index contributed by atoms with van der Waals surface area (Å²) in [5.74, 6) is -0.145. The third-order valence-corrected chi connectivity index (χ3v) is 7.80. The maximum absolute atomic E-state index is 15.4. The molecular formula is C31H32ClFN4O2. The number of pyridine rings is 1. The van der Waals surface area contributed by atoms with Crippen molar-refractivity contribution in [3.8, 4) is 28.3 Å². The van der Waals surface area contributed by atoms with E-state index in [1.54, 1.807) is 44.5 Å². The number of benzene rings is 2. The molecule has 2 aromatic carbocycles. The number of allylic oxidation sites excluding steroid dienone is 1. The fraction of sp³-hybridized carbons (Fsp3) is 0.290. The minimum atomic E-state index is -0.455. The monoisotopic (exact) mass is 546 g/mol. The minimum absolute atomic E-state index is 0.232. The summed E-state index contributed by atoms with van der Waals surface area (Å²) in [6.07, 6.45) is 6.55. The van der Waals surface area contributed by atoms with Crippen molar-refractivity contribution < 1.29 is 13.9 Å². The largest absolute Gasteiger partial charge is 0.481 e. The first-order valence-electron chi connectivity index (χ1n) is 13.1. The first-order chi connectivity index (χ1) is 18.9. The summed E-state index contributed by atoms with van der Waals surface area (Å²) in [5.41, 5.74) is 14.0. The highest BCUT2D eigenvalue weighted by atomic mass is 35.5. The third kappa shape index (κ3) is 5.16. The van der Waals surface area contributed by atoms with Crippen LogP contribution >= 0.6 is 11.6 Å². The van der Waals surface area contributed by atoms with Crippen LogP contribution in [0.25, 0.3) is 22.4 Å². The Bertz CT molecular complexity index is 1520. The number of carbonyl (C=O) groups is 1. The lowest BCUT2D eigenvalue weighted by Crippen LogP contribution is -2.22. The van der Waals surface area contributed by atoms with Crippen molar-refractivity contribution in [2.45, 2.75) is 39.0 Å². The average molecular weight is 547 g/mol. The van der Waals surface area contributed by atoms with Crippen LogP contribution in [0, 0.1) is 12.7 Å². The van der Waals surface area contributed by atoms with Crippen LogP contribution in [0.5, 0.6) is 5.88 Å². The highest BCUT2D eigenvalue weighted by Gasteiger charge is 2.25. The molecule has 202 valence electrons. The summed E-state index contributed by atoms with van der Waals surface area (Å²) in [6, 6.07) is 10.5. The van der Waals surface area contributed by atoms with Gasteiger partial charge < -0.3 is 21.1 Å². The lowest BCUT2D eigenvalue weighted by atomic mass is 9.95. The fourth-order valence-corrected chi connectivity index (χ4v) is 5.67. The summed E-state index contributed by atoms with van der Waals surface area (Å²) in [7, 11) is 3.41. The summed E-state index contributed by atoms with van der Waals surface area (Å²) < 4.78 is 21.0. The van der Waals surface area contributed by atoms with Crippen molar-refractivity contribution in [1.82, 2.24) is 10.3 Å². The number of nitrogens with one attached hydrogen (secondary N) is 2. The van der Waals surface area contributed by atoms with Gasteiger partial charge in [0.25, 0.3) is 5.91 Å². The second-order valence-electron chi connectivity index (χ2n) is 9.81. The number of carbonyl (C=O) groups excluding carboxylic acids is 1. The minimum Gasteiger partial charge on any atom is -0.481 e. The molecule has 1 heterocycles. The summed E-state index contributed by atoms with van der Waals surface area (Å²) in [6.45, 7) is 2.07. The van der Waals surface area contributed by atoms with E-state index in [9.17, 15) is 4.79 Å². The first-order valence-corrected chi connectivity index (χ1v) is 13.5. The molecule has 0 spiro atoms. The number of nitrogens with zero attached hydrogens (tertiary/aromatic N) is 1. The zero-order chi connectivity index (χ0) is 27.7. The molecule has 0 radical (unpaired) electrons. The van der Waals surface area contributed by atoms with Gasteiger partial charge in [-0.15, -0.1) is 0 Å². The van der Waals surface area contributed by atoms with E-state index in [1.165, 1.54) is 17.2 Å². The summed E-state index contributed by atoms with van der Waals surface area (Å²) in [5, 5.41) is 6.40. The predicted molar refractivity (Wildman–Crippen MR) is 154 cm³/mol. The van der Waals surface area contributed by atoms with Crippen LogP contribution in [0.1, 0.15) is 36.0 Å². The van der Waals surface area contributed by atoms with Crippen LogP contribution in [0.3, 0.4) is 0 Å². The van der Waals surface area contributed by atoms with Gasteiger partial charge in [0.05, 0.1) is 23.4 Å². The second-order valence-corrected chi connectivity index (χ2v) is 10.2. The zero-order valence-corrected chi connectivity index (χ0v) is 23.1. The SMILES string of the molecule is CNC(=C1CC1)/C(=C\CN)C(=O)Nc1cccc(-c2c(F)ccc(-c3cc4c(c(OC)n3)CCC4)c2Cl)c1C. The maximum Gasteiger partial charge on any atom is 0.257 e. The molecule has 0 unspecified atom stereocenters. The van der Waals surface area contributed by atoms with Gasteiger partial charge >= 0.3 is 0 Å². The third-order valence-electron chi connectivity index (χ3n) is 7.40. The fourth-order valence-electron chi connectivity index (χ4n) is 5.32. The van der Waals surface area contributed by atoms with Crippen LogP contribution in [-0.2, 0) is 17.6 Å². The number of nitrogens with two attached hydrogens (primary N) is 1. The second kappa shape index (κ2) is 11.2. The van der Waals surface area contributed by atoms with E-state index in [0.29, 0.717) is 39.5 Å². The molecule has 2 aliphatic rings. The van der Waals surface area contributed by atoms with E-state index in [0.717, 1.165) is 43.4 Å². The molecule has 3 aromatic rings. The number of rotatable bonds is 8. The number of hydrogen-bond donors (Lipinski definition) is 3. The van der Waals surface area contributed by atoms with Crippen molar-refractivity contribution in [3.05, 3.63) is 86.8 Å². The molecule has 1 amide bonds. The number of aromatic nitrogens is 1. The van der Waals surface area contributed by atoms with Gasteiger partial charge in [0.15, 0.2) is 0 Å². The van der Waals surface area contributed by atoms with Crippen LogP contribution in [0.4, 0.5) is 10.1 Å². The molecule has 0 bridgehead atoms. The Morgan fingerprint density at radius 1 is 1.18 bits per heavy atom. The lowest BCUT2D eigenvalue weighted by Gasteiger charge is -2.18. The molecule has 1 saturated carbocycles. The standard InChI is InChI=1S/C31H32ClFN4O2/c1-17-20(7-5-9-25(17)36-30(38)23(14-15-34)29(35-2)18-10-11-18)27-24(33)13-12-22(28(27)32)26-16-19-6-4-8-21(19)31(37-26)39-3/h5,7,9,12-14,16,35H,4,6,8,10-11,15,34H2,1-3H3,(H,36,38)/b23-14+. The van der Waals surface area contributed by atoms with Crippen LogP contribution in [-0.4, -0.2) is 31.6 Å². The Balaban J connectivity index is 1.54. The number of aryl methyl sites for hydroxylation is 1. The molecule has 2 aliphatic carbocycles. The van der Waals surface area contributed by atoms with E-state index < -0.39 is 5.82 Å². The van der Waals surface area contributed by atoms with Gasteiger partial charge in [-0.1, -0.05) is 29.8 Å². The molecule has 6 nitrogen and oxygen atoms in total. The molecule has 4 N–H and O–H groups in total. The molecule has 1 aromatic heterocycles. The van der Waals surface area contributed by atoms with Crippen molar-refractivity contribution in [1.29, 1.82) is 0 Å². The normalized spacial score (nSPS) is 14.2. The number of hydrogen-bond acceptors (Lipinski definition) is 5. The number of ether oxygens (including phenoxy) is 1. The number of fused-ring (bicyclic) bond motifs is 1. The number of anilines is 1. The Labute approximate surface area is 233 Å². The maximum atomic E-state index is 15.4. The van der Waals surface area contributed by atoms with E-state index >= 15 is 4.39 Å². The smallest absolute Gasteiger partial charge is 0.257 e. The Morgan fingerprint density at radius 3 is 2.67 bits per heavy atom. The van der Waals surface area contributed by atoms with Crippen molar-refractivity contribution in [2.75, 3.05) is 26.0 Å². The van der Waals surface area contributed by atoms with Gasteiger partial charge in [-0.2, -0.15) is 0 Å². The lowest BCUT2D eigenvalue weighted by molar-refractivity contribution is -0.112. The van der Waals surface area contributed by atoms with Crippen LogP contribution < -0.4 is 21.1 Å². The molecule has 0 atom stereocenters. The molecule has 1 fully saturated rings. The molecule has 5 rings (SSSR count).